The van der Waals surface area contributed by atoms with Crippen molar-refractivity contribution in [3.8, 4) is 0 Å². The fourth-order valence-electron chi connectivity index (χ4n) is 2.26. The average molecular weight is 408 g/mol. The fraction of sp³-hybridized carbons (Fsp3) is 0.500. The van der Waals surface area contributed by atoms with E-state index in [1.807, 2.05) is 6.07 Å². The highest BCUT2D eigenvalue weighted by molar-refractivity contribution is 5.78. The SMILES string of the molecule is CCOC(=O)C[C@H](NC(=O)OCc1ccccc1)C(C=O)NC(=O)OC(C)(C)C. The number of esters is 1. The standard InChI is InChI=1S/C20H28N2O7/c1-5-27-17(24)11-15(16(12-23)22-19(26)29-20(2,3)4)21-18(25)28-13-14-9-7-6-8-10-14/h6-10,12,15-16H,5,11,13H2,1-4H3,(H,21,25)(H,22,26)/t15-,16?/m0/s1. The minimum absolute atomic E-state index is 0.00402. The lowest BCUT2D eigenvalue weighted by Crippen LogP contribution is -2.54. The van der Waals surface area contributed by atoms with Gasteiger partial charge in [-0.25, -0.2) is 9.59 Å². The zero-order valence-electron chi connectivity index (χ0n) is 17.1. The highest BCUT2D eigenvalue weighted by Gasteiger charge is 2.29. The molecule has 2 N–H and O–H groups in total. The van der Waals surface area contributed by atoms with E-state index in [-0.39, 0.29) is 19.6 Å². The lowest BCUT2D eigenvalue weighted by Gasteiger charge is -2.26. The van der Waals surface area contributed by atoms with Crippen molar-refractivity contribution in [2.24, 2.45) is 0 Å². The number of amides is 2. The monoisotopic (exact) mass is 408 g/mol. The number of alkyl carbamates (subject to hydrolysis) is 2. The Morgan fingerprint density at radius 2 is 1.69 bits per heavy atom. The number of rotatable bonds is 9. The molecule has 1 aromatic rings. The molecule has 2 amide bonds. The van der Waals surface area contributed by atoms with Gasteiger partial charge in [0.25, 0.3) is 0 Å². The number of hydrogen-bond acceptors (Lipinski definition) is 7. The van der Waals surface area contributed by atoms with Gasteiger partial charge in [-0.1, -0.05) is 30.3 Å². The molecule has 2 atom stereocenters. The Hall–Kier alpha value is -3.10. The van der Waals surface area contributed by atoms with Gasteiger partial charge in [0.2, 0.25) is 0 Å². The molecule has 0 fully saturated rings. The molecule has 0 heterocycles. The Kier molecular flexibility index (Phi) is 9.64. The second-order valence-corrected chi connectivity index (χ2v) is 7.13. The molecule has 0 aliphatic rings. The summed E-state index contributed by atoms with van der Waals surface area (Å²) in [6.45, 7) is 6.76. The molecule has 0 saturated heterocycles. The van der Waals surface area contributed by atoms with Crippen LogP contribution in [0.2, 0.25) is 0 Å². The Labute approximate surface area is 170 Å². The first-order valence-corrected chi connectivity index (χ1v) is 9.22. The molecule has 0 aromatic heterocycles. The molecule has 160 valence electrons. The summed E-state index contributed by atoms with van der Waals surface area (Å²) in [6, 6.07) is 6.68. The highest BCUT2D eigenvalue weighted by atomic mass is 16.6. The smallest absolute Gasteiger partial charge is 0.408 e. The molecule has 9 heteroatoms. The van der Waals surface area contributed by atoms with Crippen molar-refractivity contribution in [3.63, 3.8) is 0 Å². The summed E-state index contributed by atoms with van der Waals surface area (Å²) in [6.07, 6.45) is -1.64. The number of ether oxygens (including phenoxy) is 3. The van der Waals surface area contributed by atoms with E-state index < -0.39 is 35.8 Å². The van der Waals surface area contributed by atoms with Crippen molar-refractivity contribution in [2.75, 3.05) is 6.61 Å². The molecule has 1 rings (SSSR count). The second-order valence-electron chi connectivity index (χ2n) is 7.13. The molecule has 1 aromatic carbocycles. The van der Waals surface area contributed by atoms with Crippen LogP contribution in [-0.2, 0) is 30.4 Å². The van der Waals surface area contributed by atoms with Crippen LogP contribution in [0.3, 0.4) is 0 Å². The van der Waals surface area contributed by atoms with Crippen LogP contribution in [0.5, 0.6) is 0 Å². The minimum atomic E-state index is -1.22. The van der Waals surface area contributed by atoms with Crippen molar-refractivity contribution >= 4 is 24.4 Å². The van der Waals surface area contributed by atoms with Crippen molar-refractivity contribution < 1.29 is 33.4 Å². The van der Waals surface area contributed by atoms with Crippen LogP contribution in [0, 0.1) is 0 Å². The van der Waals surface area contributed by atoms with E-state index in [1.54, 1.807) is 52.0 Å². The summed E-state index contributed by atoms with van der Waals surface area (Å²) in [5.74, 6) is -0.640. The Morgan fingerprint density at radius 3 is 2.24 bits per heavy atom. The zero-order chi connectivity index (χ0) is 21.9. The van der Waals surface area contributed by atoms with E-state index in [0.717, 1.165) is 5.56 Å². The quantitative estimate of drug-likeness (QED) is 0.365. The molecular weight excluding hydrogens is 380 g/mol. The zero-order valence-corrected chi connectivity index (χ0v) is 17.1. The average Bonchev–Trinajstić information content (AvgIpc) is 2.63. The van der Waals surface area contributed by atoms with Crippen LogP contribution in [0.1, 0.15) is 39.7 Å². The number of hydrogen-bond donors (Lipinski definition) is 2. The van der Waals surface area contributed by atoms with E-state index in [9.17, 15) is 19.2 Å². The molecule has 9 nitrogen and oxygen atoms in total. The summed E-state index contributed by atoms with van der Waals surface area (Å²) in [7, 11) is 0. The number of aldehydes is 1. The van der Waals surface area contributed by atoms with Crippen molar-refractivity contribution in [3.05, 3.63) is 35.9 Å². The summed E-state index contributed by atoms with van der Waals surface area (Å²) in [5.41, 5.74) is -0.0145. The topological polar surface area (TPSA) is 120 Å². The van der Waals surface area contributed by atoms with Gasteiger partial charge in [0.15, 0.2) is 0 Å². The van der Waals surface area contributed by atoms with Crippen LogP contribution in [0.4, 0.5) is 9.59 Å². The van der Waals surface area contributed by atoms with Crippen molar-refractivity contribution in [1.29, 1.82) is 0 Å². The Morgan fingerprint density at radius 1 is 1.03 bits per heavy atom. The number of carbonyl (C=O) groups excluding carboxylic acids is 4. The predicted octanol–water partition coefficient (Wildman–Crippen LogP) is 2.33. The van der Waals surface area contributed by atoms with Gasteiger partial charge in [0.05, 0.1) is 19.1 Å². The van der Waals surface area contributed by atoms with Gasteiger partial charge in [-0.05, 0) is 33.3 Å². The van der Waals surface area contributed by atoms with E-state index in [1.165, 1.54) is 0 Å². The van der Waals surface area contributed by atoms with E-state index in [2.05, 4.69) is 10.6 Å². The van der Waals surface area contributed by atoms with E-state index in [0.29, 0.717) is 6.29 Å². The normalized spacial score (nSPS) is 12.8. The van der Waals surface area contributed by atoms with Gasteiger partial charge < -0.3 is 29.6 Å². The molecule has 0 aliphatic carbocycles. The summed E-state index contributed by atoms with van der Waals surface area (Å²) in [4.78, 5) is 47.6. The van der Waals surface area contributed by atoms with E-state index in [4.69, 9.17) is 14.2 Å². The summed E-state index contributed by atoms with van der Waals surface area (Å²) < 4.78 is 15.1. The summed E-state index contributed by atoms with van der Waals surface area (Å²) in [5, 5.41) is 4.77. The molecule has 0 aliphatic heterocycles. The molecule has 0 radical (unpaired) electrons. The number of benzene rings is 1. The molecule has 0 bridgehead atoms. The van der Waals surface area contributed by atoms with Crippen LogP contribution in [0.25, 0.3) is 0 Å². The van der Waals surface area contributed by atoms with Gasteiger partial charge in [0.1, 0.15) is 24.5 Å². The first kappa shape index (κ1) is 23.9. The van der Waals surface area contributed by atoms with Gasteiger partial charge >= 0.3 is 18.2 Å². The minimum Gasteiger partial charge on any atom is -0.466 e. The van der Waals surface area contributed by atoms with Crippen molar-refractivity contribution in [2.45, 2.75) is 58.4 Å². The Balaban J connectivity index is 2.78. The Bertz CT molecular complexity index is 686. The third kappa shape index (κ3) is 10.1. The molecule has 1 unspecified atom stereocenters. The third-order valence-electron chi connectivity index (χ3n) is 3.47. The summed E-state index contributed by atoms with van der Waals surface area (Å²) >= 11 is 0. The van der Waals surface area contributed by atoms with Gasteiger partial charge in [0, 0.05) is 0 Å². The predicted molar refractivity (Wildman–Crippen MR) is 104 cm³/mol. The molecule has 29 heavy (non-hydrogen) atoms. The maximum Gasteiger partial charge on any atom is 0.408 e. The van der Waals surface area contributed by atoms with Crippen molar-refractivity contribution in [1.82, 2.24) is 10.6 Å². The van der Waals surface area contributed by atoms with Gasteiger partial charge in [-0.2, -0.15) is 0 Å². The third-order valence-corrected chi connectivity index (χ3v) is 3.47. The van der Waals surface area contributed by atoms with Gasteiger partial charge in [-0.15, -0.1) is 0 Å². The fourth-order valence-corrected chi connectivity index (χ4v) is 2.26. The van der Waals surface area contributed by atoms with Crippen LogP contribution >= 0.6 is 0 Å². The van der Waals surface area contributed by atoms with Gasteiger partial charge in [-0.3, -0.25) is 4.79 Å². The first-order chi connectivity index (χ1) is 13.6. The largest absolute Gasteiger partial charge is 0.466 e. The number of nitrogens with one attached hydrogen (secondary N) is 2. The maximum atomic E-state index is 12.2. The maximum absolute atomic E-state index is 12.2. The van der Waals surface area contributed by atoms with E-state index >= 15 is 0 Å². The first-order valence-electron chi connectivity index (χ1n) is 9.22. The highest BCUT2D eigenvalue weighted by Crippen LogP contribution is 2.09. The van der Waals surface area contributed by atoms with Crippen LogP contribution < -0.4 is 10.6 Å². The molecular formula is C20H28N2O7. The molecule has 0 saturated carbocycles. The lowest BCUT2D eigenvalue weighted by molar-refractivity contribution is -0.143. The number of carbonyl (C=O) groups is 4. The van der Waals surface area contributed by atoms with Crippen LogP contribution in [0.15, 0.2) is 30.3 Å². The van der Waals surface area contributed by atoms with Crippen LogP contribution in [-0.4, -0.2) is 48.7 Å². The lowest BCUT2D eigenvalue weighted by atomic mass is 10.1. The molecule has 0 spiro atoms. The second kappa shape index (κ2) is 11.7.